The molecule has 0 aromatic heterocycles. The SMILES string of the molecule is CCCCCCCCCC/C=C\CCCCCCCCCCCCCCCCCC(=O)OC(COC(=O)CCCCCCCCCCCCCCCCCCCCCCCCCCCCCCCCCCCCCCCC)COC(OCC[N+](C)(C)C)C(=O)[O-]. The van der Waals surface area contributed by atoms with Gasteiger partial charge in [0.1, 0.15) is 13.2 Å². The van der Waals surface area contributed by atoms with Crippen molar-refractivity contribution in [2.75, 3.05) is 47.5 Å². The van der Waals surface area contributed by atoms with E-state index in [2.05, 4.69) is 26.0 Å². The number of quaternary nitrogens is 1. The highest BCUT2D eigenvalue weighted by atomic mass is 16.7. The molecule has 9 heteroatoms. The van der Waals surface area contributed by atoms with Gasteiger partial charge >= 0.3 is 11.9 Å². The molecule has 0 spiro atoms. The Bertz CT molecular complexity index is 1480. The second-order valence-electron chi connectivity index (χ2n) is 29.1. The minimum Gasteiger partial charge on any atom is -0.545 e. The van der Waals surface area contributed by atoms with Crippen LogP contribution in [-0.4, -0.2) is 82.3 Å². The van der Waals surface area contributed by atoms with Crippen LogP contribution in [0.1, 0.15) is 431 Å². The number of nitrogens with zero attached hydrogens (tertiary/aromatic N) is 1. The molecule has 0 aromatic rings. The van der Waals surface area contributed by atoms with E-state index in [1.165, 1.54) is 366 Å². The molecular formula is C81H157NO8. The first-order valence-electron chi connectivity index (χ1n) is 40.3. The number of allylic oxidation sites excluding steroid dienone is 2. The smallest absolute Gasteiger partial charge is 0.306 e. The zero-order valence-electron chi connectivity index (χ0n) is 61.3. The number of carboxylic acid groups (broad SMARTS) is 1. The predicted octanol–water partition coefficient (Wildman–Crippen LogP) is 24.2. The average Bonchev–Trinajstić information content (AvgIpc) is 3.74. The van der Waals surface area contributed by atoms with Crippen LogP contribution in [0.25, 0.3) is 0 Å². The number of carboxylic acids is 1. The van der Waals surface area contributed by atoms with Crippen molar-refractivity contribution in [3.8, 4) is 0 Å². The molecule has 0 bridgehead atoms. The fourth-order valence-electron chi connectivity index (χ4n) is 12.6. The van der Waals surface area contributed by atoms with E-state index < -0.39 is 24.3 Å². The summed E-state index contributed by atoms with van der Waals surface area (Å²) in [5.74, 6) is -2.24. The molecule has 0 rings (SSSR count). The third-order valence-electron chi connectivity index (χ3n) is 18.8. The molecule has 0 aliphatic heterocycles. The second kappa shape index (κ2) is 72.9. The first-order valence-corrected chi connectivity index (χ1v) is 40.3. The molecule has 0 aliphatic rings. The van der Waals surface area contributed by atoms with Crippen LogP contribution < -0.4 is 5.11 Å². The van der Waals surface area contributed by atoms with Gasteiger partial charge in [-0.15, -0.1) is 0 Å². The number of likely N-dealkylation sites (N-methyl/N-ethyl adjacent to an activating group) is 1. The molecule has 0 amide bonds. The van der Waals surface area contributed by atoms with Gasteiger partial charge in [0, 0.05) is 12.8 Å². The van der Waals surface area contributed by atoms with Crippen LogP contribution in [0.15, 0.2) is 12.2 Å². The van der Waals surface area contributed by atoms with Crippen molar-refractivity contribution in [2.45, 2.75) is 444 Å². The lowest BCUT2D eigenvalue weighted by Gasteiger charge is -2.26. The summed E-state index contributed by atoms with van der Waals surface area (Å²) in [4.78, 5) is 37.6. The Hall–Kier alpha value is -1.97. The van der Waals surface area contributed by atoms with Crippen LogP contribution in [0, 0.1) is 0 Å². The summed E-state index contributed by atoms with van der Waals surface area (Å²) in [6.45, 7) is 4.84. The predicted molar refractivity (Wildman–Crippen MR) is 385 cm³/mol. The van der Waals surface area contributed by atoms with Crippen LogP contribution in [0.3, 0.4) is 0 Å². The molecule has 0 saturated heterocycles. The van der Waals surface area contributed by atoms with Crippen molar-refractivity contribution in [3.05, 3.63) is 12.2 Å². The van der Waals surface area contributed by atoms with E-state index in [1.807, 2.05) is 21.1 Å². The summed E-state index contributed by atoms with van der Waals surface area (Å²) in [6, 6.07) is 0. The molecule has 0 aliphatic carbocycles. The summed E-state index contributed by atoms with van der Waals surface area (Å²) in [6.07, 6.45) is 87.8. The molecule has 2 unspecified atom stereocenters. The number of carbonyl (C=O) groups excluding carboxylic acids is 3. The quantitative estimate of drug-likeness (QED) is 0.0195. The third-order valence-corrected chi connectivity index (χ3v) is 18.8. The van der Waals surface area contributed by atoms with Gasteiger partial charge in [-0.3, -0.25) is 9.59 Å². The van der Waals surface area contributed by atoms with E-state index in [9.17, 15) is 19.5 Å². The van der Waals surface area contributed by atoms with Gasteiger partial charge in [0.15, 0.2) is 12.4 Å². The number of unbranched alkanes of at least 4 members (excludes halogenated alkanes) is 60. The number of esters is 2. The molecule has 0 N–H and O–H groups in total. The summed E-state index contributed by atoms with van der Waals surface area (Å²) in [7, 11) is 5.95. The molecular weight excluding hydrogens is 1110 g/mol. The van der Waals surface area contributed by atoms with Gasteiger partial charge in [0.2, 0.25) is 0 Å². The van der Waals surface area contributed by atoms with Crippen LogP contribution in [0.4, 0.5) is 0 Å². The lowest BCUT2D eigenvalue weighted by Crippen LogP contribution is -2.44. The monoisotopic (exact) mass is 1270 g/mol. The highest BCUT2D eigenvalue weighted by molar-refractivity contribution is 5.70. The highest BCUT2D eigenvalue weighted by Gasteiger charge is 2.22. The summed E-state index contributed by atoms with van der Waals surface area (Å²) in [5, 5.41) is 11.8. The molecule has 0 saturated carbocycles. The number of hydrogen-bond donors (Lipinski definition) is 0. The third kappa shape index (κ3) is 73.4. The molecule has 0 heterocycles. The molecule has 9 nitrogen and oxygen atoms in total. The van der Waals surface area contributed by atoms with E-state index in [1.54, 1.807) is 0 Å². The molecule has 0 fully saturated rings. The largest absolute Gasteiger partial charge is 0.545 e. The number of rotatable bonds is 77. The van der Waals surface area contributed by atoms with Crippen molar-refractivity contribution >= 4 is 17.9 Å². The van der Waals surface area contributed by atoms with Gasteiger partial charge < -0.3 is 33.3 Å². The van der Waals surface area contributed by atoms with Gasteiger partial charge in [-0.1, -0.05) is 392 Å². The van der Waals surface area contributed by atoms with Gasteiger partial charge in [0.05, 0.1) is 40.3 Å². The molecule has 90 heavy (non-hydrogen) atoms. The van der Waals surface area contributed by atoms with E-state index in [-0.39, 0.29) is 32.2 Å². The van der Waals surface area contributed by atoms with Crippen molar-refractivity contribution in [1.82, 2.24) is 0 Å². The minimum atomic E-state index is -1.62. The minimum absolute atomic E-state index is 0.152. The Balaban J connectivity index is 3.93. The van der Waals surface area contributed by atoms with Gasteiger partial charge in [0.25, 0.3) is 0 Å². The van der Waals surface area contributed by atoms with Gasteiger partial charge in [-0.25, -0.2) is 0 Å². The normalized spacial score (nSPS) is 12.6. The lowest BCUT2D eigenvalue weighted by molar-refractivity contribution is -0.870. The van der Waals surface area contributed by atoms with E-state index in [0.717, 1.165) is 38.5 Å². The summed E-state index contributed by atoms with van der Waals surface area (Å²) >= 11 is 0. The van der Waals surface area contributed by atoms with Crippen molar-refractivity contribution in [2.24, 2.45) is 0 Å². The van der Waals surface area contributed by atoms with Crippen molar-refractivity contribution < 1.29 is 42.9 Å². The summed E-state index contributed by atoms with van der Waals surface area (Å²) in [5.41, 5.74) is 0. The Morgan fingerprint density at radius 2 is 0.567 bits per heavy atom. The zero-order valence-corrected chi connectivity index (χ0v) is 61.3. The first-order chi connectivity index (χ1) is 44.1. The van der Waals surface area contributed by atoms with E-state index in [4.69, 9.17) is 18.9 Å². The number of ether oxygens (including phenoxy) is 4. The zero-order chi connectivity index (χ0) is 65.4. The van der Waals surface area contributed by atoms with Crippen LogP contribution in [0.2, 0.25) is 0 Å². The summed E-state index contributed by atoms with van der Waals surface area (Å²) < 4.78 is 22.9. The Kier molecular flexibility index (Phi) is 71.3. The maximum atomic E-state index is 13.0. The first kappa shape index (κ1) is 88.0. The fourth-order valence-corrected chi connectivity index (χ4v) is 12.6. The molecule has 534 valence electrons. The Labute approximate surface area is 561 Å². The Morgan fingerprint density at radius 3 is 0.822 bits per heavy atom. The van der Waals surface area contributed by atoms with E-state index in [0.29, 0.717) is 17.4 Å². The average molecular weight is 1270 g/mol. The topological polar surface area (TPSA) is 111 Å². The maximum Gasteiger partial charge on any atom is 0.306 e. The number of aliphatic carboxylic acids is 1. The van der Waals surface area contributed by atoms with Crippen molar-refractivity contribution in [3.63, 3.8) is 0 Å². The van der Waals surface area contributed by atoms with Gasteiger partial charge in [-0.2, -0.15) is 0 Å². The Morgan fingerprint density at radius 1 is 0.322 bits per heavy atom. The fraction of sp³-hybridized carbons (Fsp3) is 0.938. The van der Waals surface area contributed by atoms with Crippen LogP contribution in [0.5, 0.6) is 0 Å². The molecule has 0 radical (unpaired) electrons. The standard InChI is InChI=1S/C81H157NO8/c1-6-8-10-12-14-16-18-20-22-24-26-28-30-32-34-35-36-37-38-39-40-41-42-43-44-46-47-49-51-53-55-57-59-61-63-65-67-69-71-78(83)88-75-77(76-89-81(80(85)86)87-74-73-82(3,4)5)90-79(84)72-70-68-66-64-62-60-58-56-54-52-50-48-45-33-31-29-27-25-23-21-19-17-15-13-11-9-7-2/h25,27,77,81H,6-24,26,28-76H2,1-5H3/b27-25-. The van der Waals surface area contributed by atoms with Crippen molar-refractivity contribution in [1.29, 1.82) is 0 Å². The second-order valence-corrected chi connectivity index (χ2v) is 29.1. The van der Waals surface area contributed by atoms with E-state index >= 15 is 0 Å². The highest BCUT2D eigenvalue weighted by Crippen LogP contribution is 2.20. The maximum absolute atomic E-state index is 13.0. The molecule has 2 atom stereocenters. The lowest BCUT2D eigenvalue weighted by atomic mass is 10.0. The number of carbonyl (C=O) groups is 3. The van der Waals surface area contributed by atoms with Crippen LogP contribution >= 0.6 is 0 Å². The van der Waals surface area contributed by atoms with Gasteiger partial charge in [-0.05, 0) is 38.5 Å². The van der Waals surface area contributed by atoms with Crippen LogP contribution in [-0.2, 0) is 33.3 Å². The number of hydrogen-bond acceptors (Lipinski definition) is 8. The molecule has 0 aromatic carbocycles.